The van der Waals surface area contributed by atoms with Crippen LogP contribution < -0.4 is 8.37 Å². The predicted octanol–water partition coefficient (Wildman–Crippen LogP) is 0.0816. The summed E-state index contributed by atoms with van der Waals surface area (Å²) in [4.78, 5) is 0. The van der Waals surface area contributed by atoms with Gasteiger partial charge in [0.1, 0.15) is 23.0 Å². The molecule has 0 spiro atoms. The molecule has 0 amide bonds. The average molecular weight is 418 g/mol. The molecular weight excluding hydrogens is 408 g/mol. The third-order valence-electron chi connectivity index (χ3n) is 2.07. The van der Waals surface area contributed by atoms with Crippen LogP contribution in [-0.2, 0) is 20.8 Å². The fourth-order valence-electron chi connectivity index (χ4n) is 1.24. The topological polar surface area (TPSA) is 173 Å². The van der Waals surface area contributed by atoms with E-state index in [-0.39, 0.29) is 60.7 Å². The number of hydrogen-bond donors (Lipinski definition) is 2. The van der Waals surface area contributed by atoms with Gasteiger partial charge in [-0.3, -0.25) is 0 Å². The molecule has 0 saturated carbocycles. The Labute approximate surface area is 173 Å². The van der Waals surface area contributed by atoms with Crippen molar-refractivity contribution in [2.75, 3.05) is 0 Å². The molecule has 0 saturated heterocycles. The zero-order chi connectivity index (χ0) is 18.4. The van der Waals surface area contributed by atoms with E-state index >= 15 is 0 Å². The maximum absolute atomic E-state index is 10.0. The van der Waals surface area contributed by atoms with E-state index in [9.17, 15) is 25.9 Å². The van der Waals surface area contributed by atoms with E-state index in [4.69, 9.17) is 10.2 Å². The SMILES string of the molecule is O=S(=O)([O-])Oc1ccc(O)cc1.O=S(=O)([O-])Oc1ccc(O)cc1.[Ca+2]. The fraction of sp³-hybridized carbons (Fsp3) is 0. The van der Waals surface area contributed by atoms with Crippen molar-refractivity contribution in [3.05, 3.63) is 48.5 Å². The van der Waals surface area contributed by atoms with E-state index in [1.165, 1.54) is 48.5 Å². The summed E-state index contributed by atoms with van der Waals surface area (Å²) in [6.45, 7) is 0. The van der Waals surface area contributed by atoms with Crippen LogP contribution >= 0.6 is 0 Å². The van der Waals surface area contributed by atoms with Crippen LogP contribution in [0.2, 0.25) is 0 Å². The molecule has 2 aromatic rings. The molecule has 0 unspecified atom stereocenters. The zero-order valence-electron chi connectivity index (χ0n) is 12.3. The van der Waals surface area contributed by atoms with Crippen molar-refractivity contribution < 1.29 is 44.5 Å². The number of aromatic hydroxyl groups is 2. The fourth-order valence-corrected chi connectivity index (χ4v) is 1.93. The van der Waals surface area contributed by atoms with Gasteiger partial charge in [-0.25, -0.2) is 16.8 Å². The molecule has 0 atom stereocenters. The van der Waals surface area contributed by atoms with Crippen LogP contribution in [0.4, 0.5) is 0 Å². The van der Waals surface area contributed by atoms with Crippen LogP contribution in [0.15, 0.2) is 48.5 Å². The first-order valence-electron chi connectivity index (χ1n) is 5.83. The first-order chi connectivity index (χ1) is 10.9. The van der Waals surface area contributed by atoms with E-state index < -0.39 is 20.8 Å². The first kappa shape index (κ1) is 23.7. The van der Waals surface area contributed by atoms with Gasteiger partial charge in [0.05, 0.1) is 0 Å². The Balaban J connectivity index is 0.000000443. The van der Waals surface area contributed by atoms with Crippen LogP contribution in [0.5, 0.6) is 23.0 Å². The second-order valence-electron chi connectivity index (χ2n) is 3.97. The summed E-state index contributed by atoms with van der Waals surface area (Å²) < 4.78 is 68.2. The molecule has 0 radical (unpaired) electrons. The van der Waals surface area contributed by atoms with Gasteiger partial charge in [0.25, 0.3) is 20.8 Å². The summed E-state index contributed by atoms with van der Waals surface area (Å²) in [6.07, 6.45) is 0. The van der Waals surface area contributed by atoms with Gasteiger partial charge in [-0.15, -0.1) is 0 Å². The van der Waals surface area contributed by atoms with Gasteiger partial charge in [-0.05, 0) is 48.5 Å². The number of hydrogen-bond acceptors (Lipinski definition) is 10. The van der Waals surface area contributed by atoms with Crippen LogP contribution in [-0.4, -0.2) is 73.9 Å². The second-order valence-corrected chi connectivity index (χ2v) is 5.94. The number of phenolic OH excluding ortho intramolecular Hbond substituents is 2. The molecule has 0 aliphatic carbocycles. The maximum Gasteiger partial charge on any atom is 2.00 e. The van der Waals surface area contributed by atoms with Gasteiger partial charge < -0.3 is 27.7 Å². The van der Waals surface area contributed by atoms with Crippen molar-refractivity contribution >= 4 is 58.5 Å². The number of benzene rings is 2. The molecule has 0 heterocycles. The number of rotatable bonds is 4. The molecular formula is C12H10CaO10S2. The van der Waals surface area contributed by atoms with Gasteiger partial charge in [0.2, 0.25) is 0 Å². The smallest absolute Gasteiger partial charge is 0.716 e. The van der Waals surface area contributed by atoms with Gasteiger partial charge in [-0.1, -0.05) is 0 Å². The molecule has 10 nitrogen and oxygen atoms in total. The van der Waals surface area contributed by atoms with Crippen LogP contribution in [0, 0.1) is 0 Å². The standard InChI is InChI=1S/2C6H6O5S.Ca/c2*7-5-1-3-6(4-2-5)11-12(8,9)10;/h2*1-4,7H,(H,8,9,10);/q;;+2/p-2. The summed E-state index contributed by atoms with van der Waals surface area (Å²) in [5.41, 5.74) is 0. The second kappa shape index (κ2) is 10.0. The third kappa shape index (κ3) is 11.8. The Kier molecular flexibility index (Phi) is 9.50. The van der Waals surface area contributed by atoms with E-state index in [2.05, 4.69) is 8.37 Å². The minimum Gasteiger partial charge on any atom is -0.716 e. The molecule has 0 aliphatic heterocycles. The molecule has 2 N–H and O–H groups in total. The van der Waals surface area contributed by atoms with Gasteiger partial charge in [0, 0.05) is 0 Å². The van der Waals surface area contributed by atoms with Crippen LogP contribution in [0.1, 0.15) is 0 Å². The van der Waals surface area contributed by atoms with Crippen molar-refractivity contribution in [2.45, 2.75) is 0 Å². The summed E-state index contributed by atoms with van der Waals surface area (Å²) in [6, 6.07) is 9.52. The molecule has 0 bridgehead atoms. The minimum atomic E-state index is -4.72. The summed E-state index contributed by atoms with van der Waals surface area (Å²) in [5, 5.41) is 17.5. The van der Waals surface area contributed by atoms with Gasteiger partial charge in [0.15, 0.2) is 0 Å². The van der Waals surface area contributed by atoms with E-state index in [0.29, 0.717) is 0 Å². The Bertz CT molecular complexity index is 786. The Morgan fingerprint density at radius 2 is 0.880 bits per heavy atom. The molecule has 0 aliphatic rings. The largest absolute Gasteiger partial charge is 2.00 e. The monoisotopic (exact) mass is 418 g/mol. The Hall–Kier alpha value is -1.28. The van der Waals surface area contributed by atoms with E-state index in [0.717, 1.165) is 0 Å². The molecule has 0 aromatic heterocycles. The maximum atomic E-state index is 10.0. The minimum absolute atomic E-state index is 0. The average Bonchev–Trinajstić information content (AvgIpc) is 2.42. The zero-order valence-corrected chi connectivity index (χ0v) is 16.1. The molecule has 13 heteroatoms. The Morgan fingerprint density at radius 3 is 1.08 bits per heavy atom. The quantitative estimate of drug-likeness (QED) is 0.393. The third-order valence-corrected chi connectivity index (χ3v) is 2.86. The molecule has 25 heavy (non-hydrogen) atoms. The van der Waals surface area contributed by atoms with Gasteiger partial charge >= 0.3 is 37.7 Å². The molecule has 0 fully saturated rings. The van der Waals surface area contributed by atoms with Crippen molar-refractivity contribution in [1.29, 1.82) is 0 Å². The summed E-state index contributed by atoms with van der Waals surface area (Å²) in [7, 11) is -9.44. The predicted molar refractivity (Wildman–Crippen MR) is 82.6 cm³/mol. The van der Waals surface area contributed by atoms with Crippen molar-refractivity contribution in [2.24, 2.45) is 0 Å². The summed E-state index contributed by atoms with van der Waals surface area (Å²) in [5.74, 6) is -0.318. The van der Waals surface area contributed by atoms with E-state index in [1.54, 1.807) is 0 Å². The molecule has 2 aromatic carbocycles. The van der Waals surface area contributed by atoms with Crippen molar-refractivity contribution in [1.82, 2.24) is 0 Å². The van der Waals surface area contributed by atoms with Crippen molar-refractivity contribution in [3.63, 3.8) is 0 Å². The van der Waals surface area contributed by atoms with Crippen LogP contribution in [0.25, 0.3) is 0 Å². The van der Waals surface area contributed by atoms with E-state index in [1.807, 2.05) is 0 Å². The molecule has 2 rings (SSSR count). The first-order valence-corrected chi connectivity index (χ1v) is 8.50. The van der Waals surface area contributed by atoms with Gasteiger partial charge in [-0.2, -0.15) is 0 Å². The summed E-state index contributed by atoms with van der Waals surface area (Å²) >= 11 is 0. The molecule has 132 valence electrons. The normalized spacial score (nSPS) is 10.6. The van der Waals surface area contributed by atoms with Crippen molar-refractivity contribution in [3.8, 4) is 23.0 Å². The Morgan fingerprint density at radius 1 is 0.640 bits per heavy atom. The number of phenols is 2. The van der Waals surface area contributed by atoms with Crippen LogP contribution in [0.3, 0.4) is 0 Å².